The van der Waals surface area contributed by atoms with E-state index in [-0.39, 0.29) is 0 Å². The minimum atomic E-state index is 0.552. The fourth-order valence-corrected chi connectivity index (χ4v) is 2.00. The smallest absolute Gasteiger partial charge is 0.0537 e. The maximum absolute atomic E-state index is 4.38. The molecule has 2 rings (SSSR count). The second kappa shape index (κ2) is 4.13. The first-order valence-corrected chi connectivity index (χ1v) is 5.51. The third-order valence-electron chi connectivity index (χ3n) is 2.67. The van der Waals surface area contributed by atoms with Gasteiger partial charge in [-0.3, -0.25) is 4.68 Å². The molecule has 0 aromatic carbocycles. The normalized spacial score (nSPS) is 22.1. The topological polar surface area (TPSA) is 29.9 Å². The zero-order chi connectivity index (χ0) is 9.97. The Morgan fingerprint density at radius 1 is 1.64 bits per heavy atom. The molecule has 0 aliphatic carbocycles. The molecule has 3 nitrogen and oxygen atoms in total. The van der Waals surface area contributed by atoms with Gasteiger partial charge in [0.2, 0.25) is 0 Å². The Hall–Kier alpha value is -0.830. The Labute approximate surface area is 85.5 Å². The Bertz CT molecular complexity index is 284. The van der Waals surface area contributed by atoms with E-state index in [0.717, 1.165) is 13.1 Å². The highest BCUT2D eigenvalue weighted by molar-refractivity contribution is 5.11. The summed E-state index contributed by atoms with van der Waals surface area (Å²) in [6, 6.07) is 0.552. The molecule has 2 heterocycles. The van der Waals surface area contributed by atoms with Crippen LogP contribution in [0.4, 0.5) is 0 Å². The first-order chi connectivity index (χ1) is 6.75. The fourth-order valence-electron chi connectivity index (χ4n) is 2.00. The molecule has 1 fully saturated rings. The molecule has 1 saturated heterocycles. The van der Waals surface area contributed by atoms with Crippen molar-refractivity contribution in [3.8, 4) is 0 Å². The van der Waals surface area contributed by atoms with Gasteiger partial charge in [-0.2, -0.15) is 5.10 Å². The summed E-state index contributed by atoms with van der Waals surface area (Å²) in [6.45, 7) is 6.61. The molecule has 1 aliphatic heterocycles. The van der Waals surface area contributed by atoms with Crippen LogP contribution in [-0.2, 0) is 6.54 Å². The standard InChI is InChI=1S/C11H19N3/c1-9(2)7-14-8-10(6-13-14)11-4-3-5-12-11/h6,8-9,11-12H,3-5,7H2,1-2H3/t11-/m0/s1. The number of hydrogen-bond acceptors (Lipinski definition) is 2. The Morgan fingerprint density at radius 2 is 2.50 bits per heavy atom. The highest BCUT2D eigenvalue weighted by Gasteiger charge is 2.17. The van der Waals surface area contributed by atoms with Gasteiger partial charge >= 0.3 is 0 Å². The van der Waals surface area contributed by atoms with E-state index in [1.165, 1.54) is 18.4 Å². The van der Waals surface area contributed by atoms with Gasteiger partial charge in [-0.05, 0) is 25.3 Å². The third kappa shape index (κ3) is 2.15. The molecule has 1 aliphatic rings. The molecule has 0 unspecified atom stereocenters. The van der Waals surface area contributed by atoms with Crippen molar-refractivity contribution in [1.82, 2.24) is 15.1 Å². The van der Waals surface area contributed by atoms with Crippen LogP contribution in [0.25, 0.3) is 0 Å². The van der Waals surface area contributed by atoms with E-state index in [1.54, 1.807) is 0 Å². The largest absolute Gasteiger partial charge is 0.310 e. The summed E-state index contributed by atoms with van der Waals surface area (Å²) in [5.74, 6) is 0.666. The highest BCUT2D eigenvalue weighted by Crippen LogP contribution is 2.22. The first kappa shape index (κ1) is 9.71. The predicted octanol–water partition coefficient (Wildman–Crippen LogP) is 1.96. The van der Waals surface area contributed by atoms with Crippen molar-refractivity contribution in [1.29, 1.82) is 0 Å². The van der Waals surface area contributed by atoms with E-state index >= 15 is 0 Å². The van der Waals surface area contributed by atoms with E-state index in [0.29, 0.717) is 12.0 Å². The van der Waals surface area contributed by atoms with Crippen molar-refractivity contribution >= 4 is 0 Å². The predicted molar refractivity (Wildman–Crippen MR) is 57.0 cm³/mol. The van der Waals surface area contributed by atoms with Gasteiger partial charge in [0.15, 0.2) is 0 Å². The van der Waals surface area contributed by atoms with Crippen LogP contribution in [0.2, 0.25) is 0 Å². The maximum atomic E-state index is 4.38. The van der Waals surface area contributed by atoms with Gasteiger partial charge in [0.05, 0.1) is 6.20 Å². The maximum Gasteiger partial charge on any atom is 0.0537 e. The number of hydrogen-bond donors (Lipinski definition) is 1. The molecule has 3 heteroatoms. The van der Waals surface area contributed by atoms with Crippen LogP contribution in [0.5, 0.6) is 0 Å². The molecule has 1 aromatic rings. The first-order valence-electron chi connectivity index (χ1n) is 5.51. The SMILES string of the molecule is CC(C)Cn1cc([C@@H]2CCCN2)cn1. The number of nitrogens with zero attached hydrogens (tertiary/aromatic N) is 2. The number of aromatic nitrogens is 2. The molecule has 1 atom stereocenters. The van der Waals surface area contributed by atoms with Crippen molar-refractivity contribution < 1.29 is 0 Å². The van der Waals surface area contributed by atoms with Crippen molar-refractivity contribution in [3.05, 3.63) is 18.0 Å². The highest BCUT2D eigenvalue weighted by atomic mass is 15.3. The third-order valence-corrected chi connectivity index (χ3v) is 2.67. The van der Waals surface area contributed by atoms with Gasteiger partial charge in [0.1, 0.15) is 0 Å². The molecule has 0 radical (unpaired) electrons. The molecule has 14 heavy (non-hydrogen) atoms. The summed E-state index contributed by atoms with van der Waals surface area (Å²) in [5, 5.41) is 7.86. The molecule has 0 spiro atoms. The van der Waals surface area contributed by atoms with Crippen LogP contribution in [0.15, 0.2) is 12.4 Å². The summed E-state index contributed by atoms with van der Waals surface area (Å²) < 4.78 is 2.06. The van der Waals surface area contributed by atoms with Crippen LogP contribution in [0.3, 0.4) is 0 Å². The lowest BCUT2D eigenvalue weighted by atomic mass is 10.1. The molecular formula is C11H19N3. The summed E-state index contributed by atoms with van der Waals surface area (Å²) in [5.41, 5.74) is 1.35. The van der Waals surface area contributed by atoms with Crippen molar-refractivity contribution in [3.63, 3.8) is 0 Å². The quantitative estimate of drug-likeness (QED) is 0.795. The second-order valence-corrected chi connectivity index (χ2v) is 4.54. The molecule has 78 valence electrons. The molecule has 1 N–H and O–H groups in total. The van der Waals surface area contributed by atoms with Crippen LogP contribution in [0.1, 0.15) is 38.3 Å². The van der Waals surface area contributed by atoms with E-state index in [9.17, 15) is 0 Å². The zero-order valence-electron chi connectivity index (χ0n) is 9.03. The summed E-state index contributed by atoms with van der Waals surface area (Å²) in [6.07, 6.45) is 6.74. The summed E-state index contributed by atoms with van der Waals surface area (Å²) in [4.78, 5) is 0. The van der Waals surface area contributed by atoms with Crippen LogP contribution < -0.4 is 5.32 Å². The van der Waals surface area contributed by atoms with Gasteiger partial charge in [0, 0.05) is 24.3 Å². The van der Waals surface area contributed by atoms with Crippen molar-refractivity contribution in [2.45, 2.75) is 39.3 Å². The Morgan fingerprint density at radius 3 is 3.14 bits per heavy atom. The molecule has 0 saturated carbocycles. The van der Waals surface area contributed by atoms with Gasteiger partial charge in [-0.25, -0.2) is 0 Å². The Balaban J connectivity index is 2.01. The van der Waals surface area contributed by atoms with Gasteiger partial charge < -0.3 is 5.32 Å². The summed E-state index contributed by atoms with van der Waals surface area (Å²) >= 11 is 0. The lowest BCUT2D eigenvalue weighted by Crippen LogP contribution is -2.12. The van der Waals surface area contributed by atoms with Gasteiger partial charge in [-0.15, -0.1) is 0 Å². The van der Waals surface area contributed by atoms with E-state index in [1.807, 2.05) is 6.20 Å². The van der Waals surface area contributed by atoms with Crippen molar-refractivity contribution in [2.75, 3.05) is 6.54 Å². The fraction of sp³-hybridized carbons (Fsp3) is 0.727. The lowest BCUT2D eigenvalue weighted by Gasteiger charge is -2.06. The number of rotatable bonds is 3. The van der Waals surface area contributed by atoms with Crippen LogP contribution in [0, 0.1) is 5.92 Å². The average Bonchev–Trinajstić information content (AvgIpc) is 2.69. The lowest BCUT2D eigenvalue weighted by molar-refractivity contribution is 0.482. The van der Waals surface area contributed by atoms with Crippen LogP contribution >= 0.6 is 0 Å². The van der Waals surface area contributed by atoms with Gasteiger partial charge in [0.25, 0.3) is 0 Å². The monoisotopic (exact) mass is 193 g/mol. The molecule has 0 amide bonds. The summed E-state index contributed by atoms with van der Waals surface area (Å²) in [7, 11) is 0. The molecule has 1 aromatic heterocycles. The van der Waals surface area contributed by atoms with E-state index in [4.69, 9.17) is 0 Å². The average molecular weight is 193 g/mol. The minimum Gasteiger partial charge on any atom is -0.310 e. The van der Waals surface area contributed by atoms with E-state index < -0.39 is 0 Å². The van der Waals surface area contributed by atoms with E-state index in [2.05, 4.69) is 35.1 Å². The number of nitrogens with one attached hydrogen (secondary N) is 1. The molecular weight excluding hydrogens is 174 g/mol. The Kier molecular flexibility index (Phi) is 2.87. The minimum absolute atomic E-state index is 0.552. The van der Waals surface area contributed by atoms with Gasteiger partial charge in [-0.1, -0.05) is 13.8 Å². The zero-order valence-corrected chi connectivity index (χ0v) is 9.03. The second-order valence-electron chi connectivity index (χ2n) is 4.54. The molecule has 0 bridgehead atoms. The van der Waals surface area contributed by atoms with Crippen LogP contribution in [-0.4, -0.2) is 16.3 Å². The van der Waals surface area contributed by atoms with Crippen molar-refractivity contribution in [2.24, 2.45) is 5.92 Å².